The number of rotatable bonds is 6. The van der Waals surface area contributed by atoms with Gasteiger partial charge < -0.3 is 15.5 Å². The van der Waals surface area contributed by atoms with Gasteiger partial charge in [0.05, 0.1) is 17.4 Å². The Hall–Kier alpha value is -0.750. The van der Waals surface area contributed by atoms with Gasteiger partial charge in [-0.1, -0.05) is 13.8 Å². The van der Waals surface area contributed by atoms with Crippen molar-refractivity contribution in [2.75, 3.05) is 18.6 Å². The van der Waals surface area contributed by atoms with E-state index in [0.29, 0.717) is 5.75 Å². The van der Waals surface area contributed by atoms with E-state index in [1.807, 2.05) is 6.26 Å². The van der Waals surface area contributed by atoms with Crippen molar-refractivity contribution in [2.45, 2.75) is 26.4 Å². The molecule has 0 heterocycles. The van der Waals surface area contributed by atoms with Crippen molar-refractivity contribution >= 4 is 23.6 Å². The number of carboxylic acid groups (broad SMARTS) is 1. The fourth-order valence-electron chi connectivity index (χ4n) is 2.34. The third-order valence-electron chi connectivity index (χ3n) is 3.47. The topological polar surface area (TPSA) is 86.6 Å². The third-order valence-corrected chi connectivity index (χ3v) is 4.39. The number of carbonyl (C=O) groups excluding carboxylic acids is 1. The molecule has 5 nitrogen and oxygen atoms in total. The Balaban J connectivity index is 2.51. The number of aliphatic hydroxyl groups is 1. The van der Waals surface area contributed by atoms with Crippen LogP contribution < -0.4 is 5.32 Å². The molecule has 3 N–H and O–H groups in total. The Morgan fingerprint density at radius 1 is 1.39 bits per heavy atom. The molecule has 0 aromatic heterocycles. The highest BCUT2D eigenvalue weighted by atomic mass is 32.2. The lowest BCUT2D eigenvalue weighted by Gasteiger charge is -2.22. The summed E-state index contributed by atoms with van der Waals surface area (Å²) in [5.41, 5.74) is -1.46. The van der Waals surface area contributed by atoms with Crippen LogP contribution in [0, 0.1) is 17.3 Å². The molecule has 6 heteroatoms. The van der Waals surface area contributed by atoms with Crippen molar-refractivity contribution in [1.82, 2.24) is 5.32 Å². The van der Waals surface area contributed by atoms with Crippen molar-refractivity contribution in [3.63, 3.8) is 0 Å². The molecule has 0 radical (unpaired) electrons. The quantitative estimate of drug-likeness (QED) is 0.660. The van der Waals surface area contributed by atoms with Gasteiger partial charge in [0.15, 0.2) is 0 Å². The van der Waals surface area contributed by atoms with Crippen LogP contribution in [-0.2, 0) is 9.59 Å². The summed E-state index contributed by atoms with van der Waals surface area (Å²) in [7, 11) is 0. The van der Waals surface area contributed by atoms with Crippen LogP contribution >= 0.6 is 11.8 Å². The third kappa shape index (κ3) is 3.17. The summed E-state index contributed by atoms with van der Waals surface area (Å²) in [6, 6.07) is 0. The van der Waals surface area contributed by atoms with Crippen LogP contribution in [0.3, 0.4) is 0 Å². The molecule has 0 aromatic rings. The molecule has 0 aliphatic heterocycles. The van der Waals surface area contributed by atoms with E-state index < -0.39 is 28.8 Å². The van der Waals surface area contributed by atoms with E-state index >= 15 is 0 Å². The van der Waals surface area contributed by atoms with E-state index in [0.717, 1.165) is 0 Å². The molecule has 1 fully saturated rings. The zero-order valence-corrected chi connectivity index (χ0v) is 12.0. The van der Waals surface area contributed by atoms with Gasteiger partial charge in [-0.15, -0.1) is 0 Å². The average molecular weight is 275 g/mol. The van der Waals surface area contributed by atoms with Crippen molar-refractivity contribution in [2.24, 2.45) is 17.3 Å². The van der Waals surface area contributed by atoms with Crippen LogP contribution in [0.5, 0.6) is 0 Å². The first-order chi connectivity index (χ1) is 8.13. The number of thioether (sulfide) groups is 1. The fourth-order valence-corrected chi connectivity index (χ4v) is 3.06. The lowest BCUT2D eigenvalue weighted by Crippen LogP contribution is -2.43. The molecule has 0 spiro atoms. The molecule has 1 aliphatic rings. The lowest BCUT2D eigenvalue weighted by molar-refractivity contribution is -0.140. The molecule has 104 valence electrons. The van der Waals surface area contributed by atoms with Gasteiger partial charge in [-0.25, -0.2) is 0 Å². The molecule has 0 aromatic carbocycles. The molecule has 1 rings (SSSR count). The van der Waals surface area contributed by atoms with E-state index in [9.17, 15) is 14.7 Å². The lowest BCUT2D eigenvalue weighted by atomic mass is 10.1. The van der Waals surface area contributed by atoms with E-state index in [1.54, 1.807) is 20.8 Å². The monoisotopic (exact) mass is 275 g/mol. The molecule has 18 heavy (non-hydrogen) atoms. The second-order valence-electron chi connectivity index (χ2n) is 5.76. The van der Waals surface area contributed by atoms with Crippen LogP contribution in [0.2, 0.25) is 0 Å². The minimum absolute atomic E-state index is 0.144. The fraction of sp³-hybridized carbons (Fsp3) is 0.833. The average Bonchev–Trinajstić information content (AvgIpc) is 2.78. The van der Waals surface area contributed by atoms with Gasteiger partial charge in [-0.05, 0) is 18.6 Å². The van der Waals surface area contributed by atoms with E-state index in [1.165, 1.54) is 11.8 Å². The molecular formula is C12H21NO4S. The zero-order chi connectivity index (χ0) is 14.1. The Morgan fingerprint density at radius 3 is 2.33 bits per heavy atom. The molecule has 1 amide bonds. The zero-order valence-electron chi connectivity index (χ0n) is 11.2. The summed E-state index contributed by atoms with van der Waals surface area (Å²) in [6.45, 7) is 5.34. The Kier molecular flexibility index (Phi) is 4.33. The van der Waals surface area contributed by atoms with E-state index in [4.69, 9.17) is 5.11 Å². The van der Waals surface area contributed by atoms with E-state index in [-0.39, 0.29) is 12.5 Å². The number of hydrogen-bond donors (Lipinski definition) is 3. The SMILES string of the molecule is CSCC(C)(O)CNC(=O)[C@H]1[C@@H](C(=O)O)C1(C)C. The predicted molar refractivity (Wildman–Crippen MR) is 70.4 cm³/mol. The first-order valence-corrected chi connectivity index (χ1v) is 7.24. The summed E-state index contributed by atoms with van der Waals surface area (Å²) in [5, 5.41) is 21.6. The van der Waals surface area contributed by atoms with Crippen LogP contribution in [-0.4, -0.2) is 46.2 Å². The molecule has 1 saturated carbocycles. The van der Waals surface area contributed by atoms with Gasteiger partial charge in [0.25, 0.3) is 0 Å². The molecule has 1 aliphatic carbocycles. The second kappa shape index (κ2) is 5.09. The van der Waals surface area contributed by atoms with Crippen molar-refractivity contribution in [3.05, 3.63) is 0 Å². The number of carbonyl (C=O) groups is 2. The van der Waals surface area contributed by atoms with Crippen molar-refractivity contribution < 1.29 is 19.8 Å². The summed E-state index contributed by atoms with van der Waals surface area (Å²) in [6.07, 6.45) is 1.88. The van der Waals surface area contributed by atoms with Crippen LogP contribution in [0.25, 0.3) is 0 Å². The normalized spacial score (nSPS) is 28.3. The minimum Gasteiger partial charge on any atom is -0.481 e. The Bertz CT molecular complexity index is 354. The van der Waals surface area contributed by atoms with Gasteiger partial charge >= 0.3 is 5.97 Å². The highest BCUT2D eigenvalue weighted by Crippen LogP contribution is 2.58. The predicted octanol–water partition coefficient (Wildman–Crippen LogP) is 0.573. The number of nitrogens with one attached hydrogen (secondary N) is 1. The van der Waals surface area contributed by atoms with Gasteiger partial charge in [-0.3, -0.25) is 9.59 Å². The van der Waals surface area contributed by atoms with E-state index in [2.05, 4.69) is 5.32 Å². The first kappa shape index (κ1) is 15.3. The number of carboxylic acids is 1. The van der Waals surface area contributed by atoms with Crippen LogP contribution in [0.4, 0.5) is 0 Å². The molecule has 0 bridgehead atoms. The smallest absolute Gasteiger partial charge is 0.307 e. The standard InChI is InChI=1S/C12H21NO4S/c1-11(2)7(8(11)10(15)16)9(14)13-5-12(3,17)6-18-4/h7-8,17H,5-6H2,1-4H3,(H,13,14)(H,15,16)/t7-,8+,12?/m1/s1. The molecule has 3 atom stereocenters. The molecular weight excluding hydrogens is 254 g/mol. The second-order valence-corrected chi connectivity index (χ2v) is 6.63. The van der Waals surface area contributed by atoms with Crippen LogP contribution in [0.15, 0.2) is 0 Å². The molecule has 0 saturated heterocycles. The number of amides is 1. The highest BCUT2D eigenvalue weighted by molar-refractivity contribution is 7.98. The number of hydrogen-bond acceptors (Lipinski definition) is 4. The van der Waals surface area contributed by atoms with Gasteiger partial charge in [0, 0.05) is 12.3 Å². The Morgan fingerprint density at radius 2 is 1.94 bits per heavy atom. The largest absolute Gasteiger partial charge is 0.481 e. The molecule has 1 unspecified atom stereocenters. The minimum atomic E-state index is -0.965. The van der Waals surface area contributed by atoms with Crippen molar-refractivity contribution in [1.29, 1.82) is 0 Å². The van der Waals surface area contributed by atoms with Crippen LogP contribution in [0.1, 0.15) is 20.8 Å². The maximum absolute atomic E-state index is 11.9. The summed E-state index contributed by atoms with van der Waals surface area (Å²) in [4.78, 5) is 22.9. The summed E-state index contributed by atoms with van der Waals surface area (Å²) in [5.74, 6) is -1.82. The van der Waals surface area contributed by atoms with Gasteiger partial charge in [-0.2, -0.15) is 11.8 Å². The highest BCUT2D eigenvalue weighted by Gasteiger charge is 2.65. The van der Waals surface area contributed by atoms with Crippen molar-refractivity contribution in [3.8, 4) is 0 Å². The maximum atomic E-state index is 11.9. The summed E-state index contributed by atoms with van der Waals surface area (Å²) < 4.78 is 0. The van der Waals surface area contributed by atoms with Gasteiger partial charge in [0.1, 0.15) is 0 Å². The Labute approximate surface area is 111 Å². The van der Waals surface area contributed by atoms with Gasteiger partial charge in [0.2, 0.25) is 5.91 Å². The number of aliphatic carboxylic acids is 1. The first-order valence-electron chi connectivity index (χ1n) is 5.85. The summed E-state index contributed by atoms with van der Waals surface area (Å²) >= 11 is 1.49. The maximum Gasteiger partial charge on any atom is 0.307 e.